The van der Waals surface area contributed by atoms with Crippen molar-refractivity contribution in [1.82, 2.24) is 14.7 Å². The fourth-order valence-electron chi connectivity index (χ4n) is 2.46. The van der Waals surface area contributed by atoms with Gasteiger partial charge in [-0.2, -0.15) is 0 Å². The number of pyridine rings is 1. The molecule has 2 heterocycles. The lowest BCUT2D eigenvalue weighted by Crippen LogP contribution is -2.15. The fraction of sp³-hybridized carbons (Fsp3) is 0.235. The summed E-state index contributed by atoms with van der Waals surface area (Å²) in [4.78, 5) is 4.40. The van der Waals surface area contributed by atoms with Crippen LogP contribution in [0.5, 0.6) is 0 Å². The summed E-state index contributed by atoms with van der Waals surface area (Å²) in [5.41, 5.74) is 5.93. The van der Waals surface area contributed by atoms with E-state index in [-0.39, 0.29) is 0 Å². The van der Waals surface area contributed by atoms with Crippen molar-refractivity contribution in [3.05, 3.63) is 65.6 Å². The lowest BCUT2D eigenvalue weighted by atomic mass is 10.1. The molecule has 4 heteroatoms. The molecule has 0 saturated carbocycles. The monoisotopic (exact) mass is 280 g/mol. The van der Waals surface area contributed by atoms with Crippen LogP contribution in [0.1, 0.15) is 16.8 Å². The van der Waals surface area contributed by atoms with Crippen LogP contribution in [0.25, 0.3) is 5.65 Å². The first-order valence-corrected chi connectivity index (χ1v) is 7.17. The Morgan fingerprint density at radius 3 is 2.90 bits per heavy atom. The Hall–Kier alpha value is -2.33. The molecular formula is C17H20N4. The number of imidazole rings is 1. The lowest BCUT2D eigenvalue weighted by Gasteiger charge is -2.10. The van der Waals surface area contributed by atoms with Crippen molar-refractivity contribution in [2.24, 2.45) is 0 Å². The van der Waals surface area contributed by atoms with E-state index in [0.29, 0.717) is 0 Å². The molecule has 108 valence electrons. The minimum Gasteiger partial charge on any atom is -0.388 e. The Labute approximate surface area is 124 Å². The number of nitrogens with one attached hydrogen (secondary N) is 2. The molecule has 0 bridgehead atoms. The molecule has 1 aromatic carbocycles. The molecule has 0 aliphatic rings. The summed E-state index contributed by atoms with van der Waals surface area (Å²) in [5, 5.41) is 6.68. The summed E-state index contributed by atoms with van der Waals surface area (Å²) >= 11 is 0. The number of benzene rings is 1. The molecule has 0 atom stereocenters. The molecule has 2 N–H and O–H groups in total. The molecule has 0 amide bonds. The molecular weight excluding hydrogens is 260 g/mol. The van der Waals surface area contributed by atoms with E-state index in [0.717, 1.165) is 24.4 Å². The van der Waals surface area contributed by atoms with Gasteiger partial charge >= 0.3 is 0 Å². The molecule has 0 radical (unpaired) electrons. The Morgan fingerprint density at radius 2 is 2.05 bits per heavy atom. The highest BCUT2D eigenvalue weighted by molar-refractivity contribution is 5.48. The SMILES string of the molecule is CNc1ccc(C)c(CNCc2cnc3ccccn23)c1. The highest BCUT2D eigenvalue weighted by atomic mass is 15.0. The third-order valence-electron chi connectivity index (χ3n) is 3.75. The Kier molecular flexibility index (Phi) is 3.88. The number of fused-ring (bicyclic) bond motifs is 1. The number of aryl methyl sites for hydroxylation is 1. The molecule has 3 rings (SSSR count). The van der Waals surface area contributed by atoms with Crippen molar-refractivity contribution >= 4 is 11.3 Å². The summed E-state index contributed by atoms with van der Waals surface area (Å²) in [5.74, 6) is 0. The molecule has 0 aliphatic carbocycles. The van der Waals surface area contributed by atoms with Crippen LogP contribution in [-0.2, 0) is 13.1 Å². The van der Waals surface area contributed by atoms with E-state index in [1.807, 2.05) is 37.6 Å². The van der Waals surface area contributed by atoms with Gasteiger partial charge in [-0.25, -0.2) is 4.98 Å². The normalized spacial score (nSPS) is 11.0. The largest absolute Gasteiger partial charge is 0.388 e. The molecule has 21 heavy (non-hydrogen) atoms. The highest BCUT2D eigenvalue weighted by Crippen LogP contribution is 2.15. The molecule has 4 nitrogen and oxygen atoms in total. The molecule has 2 aromatic heterocycles. The van der Waals surface area contributed by atoms with Gasteiger partial charge < -0.3 is 15.0 Å². The first kappa shape index (κ1) is 13.6. The zero-order valence-electron chi connectivity index (χ0n) is 12.4. The van der Waals surface area contributed by atoms with E-state index >= 15 is 0 Å². The third kappa shape index (κ3) is 2.90. The lowest BCUT2D eigenvalue weighted by molar-refractivity contribution is 0.673. The van der Waals surface area contributed by atoms with Crippen molar-refractivity contribution in [3.8, 4) is 0 Å². The maximum atomic E-state index is 4.40. The Balaban J connectivity index is 1.69. The highest BCUT2D eigenvalue weighted by Gasteiger charge is 2.03. The average Bonchev–Trinajstić information content (AvgIpc) is 2.93. The van der Waals surface area contributed by atoms with Gasteiger partial charge in [0.2, 0.25) is 0 Å². The standard InChI is InChI=1S/C17H20N4/c1-13-6-7-15(18-2)9-14(13)10-19-11-16-12-20-17-5-3-4-8-21(16)17/h3-9,12,18-19H,10-11H2,1-2H3. The minimum atomic E-state index is 0.800. The van der Waals surface area contributed by atoms with Crippen molar-refractivity contribution in [3.63, 3.8) is 0 Å². The predicted molar refractivity (Wildman–Crippen MR) is 86.5 cm³/mol. The summed E-state index contributed by atoms with van der Waals surface area (Å²) in [6.45, 7) is 3.79. The van der Waals surface area contributed by atoms with Gasteiger partial charge in [0.1, 0.15) is 5.65 Å². The number of nitrogens with zero attached hydrogens (tertiary/aromatic N) is 2. The van der Waals surface area contributed by atoms with Crippen LogP contribution in [0.2, 0.25) is 0 Å². The number of aromatic nitrogens is 2. The maximum Gasteiger partial charge on any atom is 0.136 e. The van der Waals surface area contributed by atoms with Gasteiger partial charge in [-0.3, -0.25) is 0 Å². The van der Waals surface area contributed by atoms with Gasteiger partial charge in [0, 0.05) is 32.0 Å². The molecule has 3 aromatic rings. The van der Waals surface area contributed by atoms with E-state index in [2.05, 4.69) is 45.1 Å². The van der Waals surface area contributed by atoms with Crippen LogP contribution in [0.4, 0.5) is 5.69 Å². The average molecular weight is 280 g/mol. The van der Waals surface area contributed by atoms with Crippen LogP contribution < -0.4 is 10.6 Å². The smallest absolute Gasteiger partial charge is 0.136 e. The van der Waals surface area contributed by atoms with Gasteiger partial charge in [-0.05, 0) is 42.3 Å². The van der Waals surface area contributed by atoms with E-state index < -0.39 is 0 Å². The first-order chi connectivity index (χ1) is 10.3. The van der Waals surface area contributed by atoms with Gasteiger partial charge in [0.05, 0.1) is 11.9 Å². The van der Waals surface area contributed by atoms with E-state index in [1.165, 1.54) is 16.8 Å². The quantitative estimate of drug-likeness (QED) is 0.755. The van der Waals surface area contributed by atoms with E-state index in [9.17, 15) is 0 Å². The predicted octanol–water partition coefficient (Wildman–Crippen LogP) is 2.97. The van der Waals surface area contributed by atoms with Gasteiger partial charge in [-0.1, -0.05) is 12.1 Å². The zero-order chi connectivity index (χ0) is 14.7. The van der Waals surface area contributed by atoms with E-state index in [1.54, 1.807) is 0 Å². The summed E-state index contributed by atoms with van der Waals surface area (Å²) in [7, 11) is 1.94. The van der Waals surface area contributed by atoms with Crippen LogP contribution in [0.3, 0.4) is 0 Å². The maximum absolute atomic E-state index is 4.40. The minimum absolute atomic E-state index is 0.800. The summed E-state index contributed by atoms with van der Waals surface area (Å²) < 4.78 is 2.11. The second-order valence-corrected chi connectivity index (χ2v) is 5.17. The van der Waals surface area contributed by atoms with Crippen molar-refractivity contribution in [1.29, 1.82) is 0 Å². The number of hydrogen-bond acceptors (Lipinski definition) is 3. The van der Waals surface area contributed by atoms with Crippen molar-refractivity contribution in [2.75, 3.05) is 12.4 Å². The number of anilines is 1. The second-order valence-electron chi connectivity index (χ2n) is 5.17. The number of hydrogen-bond donors (Lipinski definition) is 2. The van der Waals surface area contributed by atoms with Crippen LogP contribution in [0.15, 0.2) is 48.8 Å². The van der Waals surface area contributed by atoms with Crippen LogP contribution >= 0.6 is 0 Å². The Bertz CT molecular complexity index is 745. The van der Waals surface area contributed by atoms with Crippen LogP contribution in [0, 0.1) is 6.92 Å². The molecule has 0 unspecified atom stereocenters. The van der Waals surface area contributed by atoms with Gasteiger partial charge in [0.15, 0.2) is 0 Å². The van der Waals surface area contributed by atoms with Crippen molar-refractivity contribution in [2.45, 2.75) is 20.0 Å². The van der Waals surface area contributed by atoms with Crippen LogP contribution in [-0.4, -0.2) is 16.4 Å². The molecule has 0 aliphatic heterocycles. The Morgan fingerprint density at radius 1 is 1.14 bits per heavy atom. The molecule has 0 fully saturated rings. The molecule has 0 spiro atoms. The first-order valence-electron chi connectivity index (χ1n) is 7.17. The van der Waals surface area contributed by atoms with Crippen molar-refractivity contribution < 1.29 is 0 Å². The summed E-state index contributed by atoms with van der Waals surface area (Å²) in [6.07, 6.45) is 3.98. The number of rotatable bonds is 5. The van der Waals surface area contributed by atoms with Gasteiger partial charge in [0.25, 0.3) is 0 Å². The molecule has 0 saturated heterocycles. The van der Waals surface area contributed by atoms with E-state index in [4.69, 9.17) is 0 Å². The third-order valence-corrected chi connectivity index (χ3v) is 3.75. The fourth-order valence-corrected chi connectivity index (χ4v) is 2.46. The second kappa shape index (κ2) is 5.97. The van der Waals surface area contributed by atoms with Gasteiger partial charge in [-0.15, -0.1) is 0 Å². The summed E-state index contributed by atoms with van der Waals surface area (Å²) in [6, 6.07) is 12.5. The zero-order valence-corrected chi connectivity index (χ0v) is 12.4. The topological polar surface area (TPSA) is 41.4 Å².